The molecule has 1 aromatic rings. The Hall–Kier alpha value is -0.610. The molecule has 15 heavy (non-hydrogen) atoms. The number of H-pyrrole nitrogens is 1. The second-order valence-electron chi connectivity index (χ2n) is 3.35. The molecule has 2 rings (SSSR count). The monoisotopic (exact) mass is 239 g/mol. The highest BCUT2D eigenvalue weighted by Crippen LogP contribution is 2.40. The van der Waals surface area contributed by atoms with Crippen LogP contribution in [0, 0.1) is 0 Å². The van der Waals surface area contributed by atoms with Crippen molar-refractivity contribution >= 4 is 29.3 Å². The summed E-state index contributed by atoms with van der Waals surface area (Å²) in [6.07, 6.45) is 4.23. The van der Waals surface area contributed by atoms with Gasteiger partial charge in [0.25, 0.3) is 0 Å². The van der Waals surface area contributed by atoms with Gasteiger partial charge in [-0.2, -0.15) is 0 Å². The van der Waals surface area contributed by atoms with Crippen molar-refractivity contribution in [2.45, 2.75) is 24.7 Å². The maximum Gasteiger partial charge on any atom is 0.217 e. The Morgan fingerprint density at radius 3 is 3.20 bits per heavy atom. The van der Waals surface area contributed by atoms with Crippen LogP contribution in [0.25, 0.3) is 0 Å². The van der Waals surface area contributed by atoms with E-state index < -0.39 is 0 Å². The van der Waals surface area contributed by atoms with Gasteiger partial charge in [-0.05, 0) is 23.6 Å². The lowest BCUT2D eigenvalue weighted by Gasteiger charge is -1.95. The molecule has 1 aromatic heterocycles. The maximum absolute atomic E-state index is 11.8. The van der Waals surface area contributed by atoms with Crippen LogP contribution in [0.5, 0.6) is 0 Å². The lowest BCUT2D eigenvalue weighted by atomic mass is 10.3. The normalized spacial score (nSPS) is 17.4. The summed E-state index contributed by atoms with van der Waals surface area (Å²) in [5.41, 5.74) is 0.752. The summed E-state index contributed by atoms with van der Waals surface area (Å²) in [6, 6.07) is 1.95. The number of allylic oxidation sites excluding steroid dienone is 1. The fourth-order valence-electron chi connectivity index (χ4n) is 1.35. The van der Waals surface area contributed by atoms with E-state index >= 15 is 0 Å². The first-order chi connectivity index (χ1) is 7.33. The van der Waals surface area contributed by atoms with Gasteiger partial charge in [0.1, 0.15) is 5.69 Å². The standard InChI is InChI=1S/C11H13NOS2/c1-2-3-6-14-7-9-11(13)10-8(15-9)4-5-12-10/h4-5,7,12H,2-3,6H2,1H3. The highest BCUT2D eigenvalue weighted by atomic mass is 32.2. The number of hydrogen-bond acceptors (Lipinski definition) is 3. The predicted molar refractivity (Wildman–Crippen MR) is 66.4 cm³/mol. The number of fused-ring (bicyclic) bond motifs is 1. The zero-order valence-corrected chi connectivity index (χ0v) is 10.2. The van der Waals surface area contributed by atoms with E-state index in [2.05, 4.69) is 11.9 Å². The van der Waals surface area contributed by atoms with E-state index in [0.717, 1.165) is 21.2 Å². The van der Waals surface area contributed by atoms with Gasteiger partial charge in [-0.1, -0.05) is 25.1 Å². The van der Waals surface area contributed by atoms with Crippen LogP contribution in [-0.2, 0) is 0 Å². The number of thioether (sulfide) groups is 2. The Kier molecular flexibility index (Phi) is 3.59. The van der Waals surface area contributed by atoms with Crippen LogP contribution >= 0.6 is 23.5 Å². The smallest absolute Gasteiger partial charge is 0.217 e. The lowest BCUT2D eigenvalue weighted by Crippen LogP contribution is -1.94. The molecule has 0 fully saturated rings. The SMILES string of the molecule is CCCCSC=C1Sc2cc[nH]c2C1=O. The van der Waals surface area contributed by atoms with Crippen LogP contribution in [0.15, 0.2) is 27.5 Å². The molecule has 0 saturated carbocycles. The first kappa shape index (κ1) is 10.9. The van der Waals surface area contributed by atoms with Gasteiger partial charge < -0.3 is 4.98 Å². The largest absolute Gasteiger partial charge is 0.358 e. The highest BCUT2D eigenvalue weighted by Gasteiger charge is 2.26. The molecular formula is C11H13NOS2. The van der Waals surface area contributed by atoms with Gasteiger partial charge in [0.05, 0.1) is 4.91 Å². The molecule has 4 heteroatoms. The van der Waals surface area contributed by atoms with Crippen molar-refractivity contribution in [3.63, 3.8) is 0 Å². The third kappa shape index (κ3) is 2.32. The average Bonchev–Trinajstić information content (AvgIpc) is 2.78. The van der Waals surface area contributed by atoms with Crippen LogP contribution in [-0.4, -0.2) is 16.5 Å². The number of ketones is 1. The quantitative estimate of drug-likeness (QED) is 0.642. The van der Waals surface area contributed by atoms with Gasteiger partial charge in [0.2, 0.25) is 5.78 Å². The fraction of sp³-hybridized carbons (Fsp3) is 0.364. The van der Waals surface area contributed by atoms with E-state index in [0.29, 0.717) is 0 Å². The van der Waals surface area contributed by atoms with E-state index in [1.54, 1.807) is 23.5 Å². The number of aromatic amines is 1. The van der Waals surface area contributed by atoms with Gasteiger partial charge in [-0.25, -0.2) is 0 Å². The molecule has 1 N–H and O–H groups in total. The third-order valence-electron chi connectivity index (χ3n) is 2.19. The highest BCUT2D eigenvalue weighted by molar-refractivity contribution is 8.07. The summed E-state index contributed by atoms with van der Waals surface area (Å²) >= 11 is 3.30. The van der Waals surface area contributed by atoms with E-state index in [4.69, 9.17) is 0 Å². The molecule has 0 bridgehead atoms. The minimum absolute atomic E-state index is 0.143. The average molecular weight is 239 g/mol. The molecule has 0 unspecified atom stereocenters. The van der Waals surface area contributed by atoms with Gasteiger partial charge in [0.15, 0.2) is 0 Å². The minimum atomic E-state index is 0.143. The molecule has 1 aliphatic rings. The van der Waals surface area contributed by atoms with Gasteiger partial charge in [0, 0.05) is 11.1 Å². The second-order valence-corrected chi connectivity index (χ2v) is 5.42. The molecule has 2 heterocycles. The molecule has 0 atom stereocenters. The molecule has 0 amide bonds. The van der Waals surface area contributed by atoms with Crippen LogP contribution in [0.2, 0.25) is 0 Å². The summed E-state index contributed by atoms with van der Waals surface area (Å²) in [4.78, 5) is 16.7. The molecular weight excluding hydrogens is 226 g/mol. The summed E-state index contributed by atoms with van der Waals surface area (Å²) in [5.74, 6) is 1.24. The summed E-state index contributed by atoms with van der Waals surface area (Å²) < 4.78 is 0. The Morgan fingerprint density at radius 2 is 2.47 bits per heavy atom. The molecule has 0 aliphatic carbocycles. The number of carbonyl (C=O) groups is 1. The summed E-state index contributed by atoms with van der Waals surface area (Å²) in [5, 5.41) is 2.00. The number of hydrogen-bond donors (Lipinski definition) is 1. The fourth-order valence-corrected chi connectivity index (χ4v) is 3.40. The number of rotatable bonds is 4. The topological polar surface area (TPSA) is 32.9 Å². The first-order valence-electron chi connectivity index (χ1n) is 5.04. The lowest BCUT2D eigenvalue weighted by molar-refractivity contribution is 0.103. The second kappa shape index (κ2) is 4.94. The molecule has 0 saturated heterocycles. The molecule has 80 valence electrons. The van der Waals surface area contributed by atoms with E-state index in [1.165, 1.54) is 12.8 Å². The number of nitrogens with one attached hydrogen (secondary N) is 1. The number of carbonyl (C=O) groups excluding carboxylic acids is 1. The Balaban J connectivity index is 1.97. The predicted octanol–water partition coefficient (Wildman–Crippen LogP) is 3.68. The van der Waals surface area contributed by atoms with E-state index in [-0.39, 0.29) is 5.78 Å². The Labute approximate surface area is 97.9 Å². The van der Waals surface area contributed by atoms with Crippen molar-refractivity contribution in [3.8, 4) is 0 Å². The zero-order valence-electron chi connectivity index (χ0n) is 8.58. The van der Waals surface area contributed by atoms with Gasteiger partial charge in [-0.15, -0.1) is 11.8 Å². The summed E-state index contributed by atoms with van der Waals surface area (Å²) in [7, 11) is 0. The van der Waals surface area contributed by atoms with Crippen molar-refractivity contribution in [1.29, 1.82) is 0 Å². The Morgan fingerprint density at radius 1 is 1.60 bits per heavy atom. The van der Waals surface area contributed by atoms with Crippen LogP contribution in [0.1, 0.15) is 30.3 Å². The van der Waals surface area contributed by atoms with Crippen molar-refractivity contribution in [2.75, 3.05) is 5.75 Å². The van der Waals surface area contributed by atoms with Crippen LogP contribution in [0.3, 0.4) is 0 Å². The number of unbranched alkanes of at least 4 members (excludes halogenated alkanes) is 1. The van der Waals surface area contributed by atoms with Gasteiger partial charge >= 0.3 is 0 Å². The number of aromatic nitrogens is 1. The van der Waals surface area contributed by atoms with Crippen molar-refractivity contribution < 1.29 is 4.79 Å². The molecule has 1 aliphatic heterocycles. The Bertz CT molecular complexity index is 395. The first-order valence-corrected chi connectivity index (χ1v) is 6.91. The maximum atomic E-state index is 11.8. The molecule has 0 aromatic carbocycles. The molecule has 0 radical (unpaired) electrons. The van der Waals surface area contributed by atoms with E-state index in [9.17, 15) is 4.79 Å². The minimum Gasteiger partial charge on any atom is -0.358 e. The van der Waals surface area contributed by atoms with Crippen LogP contribution in [0.4, 0.5) is 0 Å². The van der Waals surface area contributed by atoms with Crippen molar-refractivity contribution in [1.82, 2.24) is 4.98 Å². The van der Waals surface area contributed by atoms with E-state index in [1.807, 2.05) is 17.7 Å². The van der Waals surface area contributed by atoms with Crippen molar-refractivity contribution in [3.05, 3.63) is 28.3 Å². The zero-order chi connectivity index (χ0) is 10.7. The number of Topliss-reactive ketones (excluding diaryl/α,β-unsaturated/α-hetero) is 1. The van der Waals surface area contributed by atoms with Crippen molar-refractivity contribution in [2.24, 2.45) is 0 Å². The van der Waals surface area contributed by atoms with Crippen LogP contribution < -0.4 is 0 Å². The summed E-state index contributed by atoms with van der Waals surface area (Å²) in [6.45, 7) is 2.17. The van der Waals surface area contributed by atoms with Gasteiger partial charge in [-0.3, -0.25) is 4.79 Å². The molecule has 0 spiro atoms. The third-order valence-corrected chi connectivity index (χ3v) is 4.34. The molecule has 2 nitrogen and oxygen atoms in total.